The van der Waals surface area contributed by atoms with Gasteiger partial charge in [0.15, 0.2) is 5.82 Å². The van der Waals surface area contributed by atoms with Gasteiger partial charge in [-0.15, -0.1) is 0 Å². The summed E-state index contributed by atoms with van der Waals surface area (Å²) in [6.45, 7) is 0. The van der Waals surface area contributed by atoms with Crippen molar-refractivity contribution in [2.24, 2.45) is 0 Å². The van der Waals surface area contributed by atoms with Crippen LogP contribution in [0, 0.1) is 10.1 Å². The second kappa shape index (κ2) is 4.13. The van der Waals surface area contributed by atoms with Gasteiger partial charge in [-0.2, -0.15) is 4.68 Å². The van der Waals surface area contributed by atoms with Crippen molar-refractivity contribution in [1.29, 1.82) is 0 Å². The number of oxazole rings is 1. The van der Waals surface area contributed by atoms with Crippen LogP contribution in [0.15, 0.2) is 33.5 Å². The van der Waals surface area contributed by atoms with Crippen molar-refractivity contribution < 1.29 is 9.34 Å². The van der Waals surface area contributed by atoms with E-state index in [9.17, 15) is 14.9 Å². The molecule has 0 atom stereocenters. The predicted molar refractivity (Wildman–Crippen MR) is 63.9 cm³/mol. The number of nitro benzene ring substituents is 1. The van der Waals surface area contributed by atoms with Crippen molar-refractivity contribution in [3.63, 3.8) is 0 Å². The monoisotopic (exact) mass is 251 g/mol. The lowest BCUT2D eigenvalue weighted by atomic mass is 10.2. The van der Waals surface area contributed by atoms with Gasteiger partial charge in [-0.25, -0.2) is 4.79 Å². The molecule has 0 saturated heterocycles. The number of nitro groups is 1. The van der Waals surface area contributed by atoms with Crippen LogP contribution < -0.4 is 22.6 Å². The van der Waals surface area contributed by atoms with E-state index < -0.39 is 10.7 Å². The van der Waals surface area contributed by atoms with E-state index in [0.29, 0.717) is 4.68 Å². The Bertz CT molecular complexity index is 659. The van der Waals surface area contributed by atoms with E-state index in [0.717, 1.165) is 0 Å². The van der Waals surface area contributed by atoms with Gasteiger partial charge in [0.1, 0.15) is 5.69 Å². The standard InChI is InChI=1S/C9H9N5O4/c10-7-8(13(11)9(15)18-7)12-5-3-1-2-4-6(5)14(16)17/h1-4,12H,10-11H2. The van der Waals surface area contributed by atoms with Crippen LogP contribution in [0.25, 0.3) is 0 Å². The first kappa shape index (κ1) is 11.5. The number of rotatable bonds is 3. The molecule has 2 aromatic rings. The second-order valence-electron chi connectivity index (χ2n) is 3.35. The van der Waals surface area contributed by atoms with Crippen LogP contribution in [0.4, 0.5) is 23.1 Å². The molecule has 0 bridgehead atoms. The predicted octanol–water partition coefficient (Wildman–Crippen LogP) is 0.389. The Balaban J connectivity index is 2.46. The van der Waals surface area contributed by atoms with Crippen molar-refractivity contribution in [3.05, 3.63) is 44.9 Å². The van der Waals surface area contributed by atoms with Crippen molar-refractivity contribution in [2.45, 2.75) is 0 Å². The molecule has 94 valence electrons. The molecule has 1 heterocycles. The molecule has 2 rings (SSSR count). The molecule has 0 fully saturated rings. The molecule has 9 heteroatoms. The van der Waals surface area contributed by atoms with Gasteiger partial charge < -0.3 is 21.3 Å². The molecule has 0 aliphatic heterocycles. The molecule has 9 nitrogen and oxygen atoms in total. The maximum Gasteiger partial charge on any atom is 0.441 e. The number of hydrogen-bond donors (Lipinski definition) is 3. The fourth-order valence-electron chi connectivity index (χ4n) is 1.39. The zero-order valence-corrected chi connectivity index (χ0v) is 8.99. The van der Waals surface area contributed by atoms with E-state index in [1.54, 1.807) is 6.07 Å². The number of aromatic nitrogens is 1. The molecule has 18 heavy (non-hydrogen) atoms. The highest BCUT2D eigenvalue weighted by molar-refractivity contribution is 5.72. The highest BCUT2D eigenvalue weighted by Crippen LogP contribution is 2.28. The molecule has 5 N–H and O–H groups in total. The Labute approximate surface area is 99.7 Å². The first-order chi connectivity index (χ1) is 8.50. The molecular weight excluding hydrogens is 242 g/mol. The summed E-state index contributed by atoms with van der Waals surface area (Å²) in [5.41, 5.74) is 5.39. The number of nitrogens with zero attached hydrogens (tertiary/aromatic N) is 2. The number of nitrogens with one attached hydrogen (secondary N) is 1. The highest BCUT2D eigenvalue weighted by Gasteiger charge is 2.17. The van der Waals surface area contributed by atoms with Crippen LogP contribution in [0.2, 0.25) is 0 Å². The molecule has 0 saturated carbocycles. The zero-order valence-electron chi connectivity index (χ0n) is 8.99. The zero-order chi connectivity index (χ0) is 13.3. The number of nitrogen functional groups attached to an aromatic ring is 2. The molecule has 0 aliphatic carbocycles. The van der Waals surface area contributed by atoms with Crippen LogP contribution in [0.5, 0.6) is 0 Å². The maximum atomic E-state index is 11.1. The summed E-state index contributed by atoms with van der Waals surface area (Å²) in [5, 5.41) is 13.4. The Morgan fingerprint density at radius 2 is 2.06 bits per heavy atom. The molecule has 0 unspecified atom stereocenters. The molecule has 1 aromatic carbocycles. The first-order valence-electron chi connectivity index (χ1n) is 4.77. The van der Waals surface area contributed by atoms with E-state index in [2.05, 4.69) is 9.73 Å². The molecule has 0 radical (unpaired) electrons. The normalized spacial score (nSPS) is 10.2. The third kappa shape index (κ3) is 1.84. The molecule has 0 aliphatic rings. The molecule has 0 amide bonds. The molecule has 1 aromatic heterocycles. The van der Waals surface area contributed by atoms with Gasteiger partial charge >= 0.3 is 5.76 Å². The smallest absolute Gasteiger partial charge is 0.388 e. The summed E-state index contributed by atoms with van der Waals surface area (Å²) < 4.78 is 5.18. The van der Waals surface area contributed by atoms with Crippen molar-refractivity contribution in [3.8, 4) is 0 Å². The Morgan fingerprint density at radius 1 is 1.39 bits per heavy atom. The Morgan fingerprint density at radius 3 is 2.61 bits per heavy atom. The molecule has 0 spiro atoms. The summed E-state index contributed by atoms with van der Waals surface area (Å²) >= 11 is 0. The fraction of sp³-hybridized carbons (Fsp3) is 0. The first-order valence-corrected chi connectivity index (χ1v) is 4.77. The Hall–Kier alpha value is -2.97. The van der Waals surface area contributed by atoms with Gasteiger partial charge in [0.2, 0.25) is 5.88 Å². The van der Waals surface area contributed by atoms with E-state index >= 15 is 0 Å². The Kier molecular flexibility index (Phi) is 2.64. The third-order valence-electron chi connectivity index (χ3n) is 2.22. The summed E-state index contributed by atoms with van der Waals surface area (Å²) in [7, 11) is 0. The highest BCUT2D eigenvalue weighted by atomic mass is 16.6. The lowest BCUT2D eigenvalue weighted by Gasteiger charge is -2.06. The number of hydrogen-bond acceptors (Lipinski definition) is 7. The minimum absolute atomic E-state index is 0.0469. The van der Waals surface area contributed by atoms with E-state index in [4.69, 9.17) is 11.6 Å². The number of benzene rings is 1. The largest absolute Gasteiger partial charge is 0.441 e. The van der Waals surface area contributed by atoms with Crippen LogP contribution in [0.3, 0.4) is 0 Å². The third-order valence-corrected chi connectivity index (χ3v) is 2.22. The second-order valence-corrected chi connectivity index (χ2v) is 3.35. The minimum Gasteiger partial charge on any atom is -0.388 e. The molecular formula is C9H9N5O4. The SMILES string of the molecule is Nc1oc(=O)n(N)c1Nc1ccccc1[N+](=O)[O-]. The minimum atomic E-state index is -0.867. The van der Waals surface area contributed by atoms with E-state index in [-0.39, 0.29) is 23.1 Å². The van der Waals surface area contributed by atoms with Crippen molar-refractivity contribution in [1.82, 2.24) is 4.68 Å². The summed E-state index contributed by atoms with van der Waals surface area (Å²) in [6, 6.07) is 5.86. The fourth-order valence-corrected chi connectivity index (χ4v) is 1.39. The summed E-state index contributed by atoms with van der Waals surface area (Å²) in [4.78, 5) is 21.3. The van der Waals surface area contributed by atoms with Crippen molar-refractivity contribution in [2.75, 3.05) is 16.9 Å². The van der Waals surface area contributed by atoms with Gasteiger partial charge in [-0.1, -0.05) is 12.1 Å². The van der Waals surface area contributed by atoms with Crippen LogP contribution >= 0.6 is 0 Å². The summed E-state index contributed by atoms with van der Waals surface area (Å²) in [6.07, 6.45) is 0. The average molecular weight is 251 g/mol. The number of para-hydroxylation sites is 2. The van der Waals surface area contributed by atoms with E-state index in [1.807, 2.05) is 0 Å². The van der Waals surface area contributed by atoms with Gasteiger partial charge in [0, 0.05) is 6.07 Å². The number of anilines is 3. The lowest BCUT2D eigenvalue weighted by molar-refractivity contribution is -0.383. The topological polar surface area (TPSA) is 142 Å². The lowest BCUT2D eigenvalue weighted by Crippen LogP contribution is -2.23. The summed E-state index contributed by atoms with van der Waals surface area (Å²) in [5.74, 6) is 4.21. The van der Waals surface area contributed by atoms with Gasteiger partial charge in [-0.05, 0) is 6.07 Å². The quantitative estimate of drug-likeness (QED) is 0.406. The van der Waals surface area contributed by atoms with Gasteiger partial charge in [0.05, 0.1) is 4.92 Å². The van der Waals surface area contributed by atoms with Crippen LogP contribution in [0.1, 0.15) is 0 Å². The maximum absolute atomic E-state index is 11.1. The van der Waals surface area contributed by atoms with Crippen molar-refractivity contribution >= 4 is 23.1 Å². The van der Waals surface area contributed by atoms with E-state index in [1.165, 1.54) is 18.2 Å². The number of nitrogens with two attached hydrogens (primary N) is 2. The van der Waals surface area contributed by atoms with Gasteiger partial charge in [-0.3, -0.25) is 10.1 Å². The van der Waals surface area contributed by atoms with Crippen LogP contribution in [-0.4, -0.2) is 9.60 Å². The average Bonchev–Trinajstić information content (AvgIpc) is 2.56. The van der Waals surface area contributed by atoms with Gasteiger partial charge in [0.25, 0.3) is 5.69 Å². The van der Waals surface area contributed by atoms with Crippen LogP contribution in [-0.2, 0) is 0 Å².